The van der Waals surface area contributed by atoms with Crippen LogP contribution >= 0.6 is 0 Å². The lowest BCUT2D eigenvalue weighted by Gasteiger charge is -2.27. The molecule has 0 atom stereocenters. The topological polar surface area (TPSA) is 60.1 Å². The molecule has 0 amide bonds. The SMILES string of the molecule is NC(=NCc1ccc2c(c1)OCO2)N1CCCCC1. The summed E-state index contributed by atoms with van der Waals surface area (Å²) in [6, 6.07) is 5.89. The average molecular weight is 261 g/mol. The Bertz CT molecular complexity index is 482. The van der Waals surface area contributed by atoms with Gasteiger partial charge >= 0.3 is 0 Å². The maximum absolute atomic E-state index is 6.03. The summed E-state index contributed by atoms with van der Waals surface area (Å²) in [5.74, 6) is 2.25. The third-order valence-electron chi connectivity index (χ3n) is 3.54. The molecule has 102 valence electrons. The van der Waals surface area contributed by atoms with Crippen molar-refractivity contribution in [2.45, 2.75) is 25.8 Å². The van der Waals surface area contributed by atoms with E-state index in [9.17, 15) is 0 Å². The van der Waals surface area contributed by atoms with Crippen LogP contribution in [0.4, 0.5) is 0 Å². The Hall–Kier alpha value is -1.91. The molecule has 0 spiro atoms. The number of rotatable bonds is 2. The van der Waals surface area contributed by atoms with Gasteiger partial charge in [-0.15, -0.1) is 0 Å². The fraction of sp³-hybridized carbons (Fsp3) is 0.500. The fourth-order valence-electron chi connectivity index (χ4n) is 2.43. The van der Waals surface area contributed by atoms with Crippen molar-refractivity contribution in [2.24, 2.45) is 10.7 Å². The van der Waals surface area contributed by atoms with E-state index in [1.165, 1.54) is 19.3 Å². The standard InChI is InChI=1S/C14H19N3O2/c15-14(17-6-2-1-3-7-17)16-9-11-4-5-12-13(8-11)19-10-18-12/h4-5,8H,1-3,6-7,9-10H2,(H2,15,16). The molecule has 3 rings (SSSR count). The van der Waals surface area contributed by atoms with Gasteiger partial charge in [-0.1, -0.05) is 6.07 Å². The smallest absolute Gasteiger partial charge is 0.231 e. The first kappa shape index (κ1) is 12.1. The zero-order chi connectivity index (χ0) is 13.1. The molecule has 5 nitrogen and oxygen atoms in total. The van der Waals surface area contributed by atoms with Crippen LogP contribution in [0.25, 0.3) is 0 Å². The highest BCUT2D eigenvalue weighted by atomic mass is 16.7. The van der Waals surface area contributed by atoms with E-state index in [2.05, 4.69) is 9.89 Å². The molecule has 2 heterocycles. The third kappa shape index (κ3) is 2.75. The van der Waals surface area contributed by atoms with E-state index in [1.54, 1.807) is 0 Å². The van der Waals surface area contributed by atoms with Gasteiger partial charge in [-0.3, -0.25) is 0 Å². The Labute approximate surface area is 113 Å². The first-order valence-electron chi connectivity index (χ1n) is 6.76. The van der Waals surface area contributed by atoms with Crippen LogP contribution in [0.3, 0.4) is 0 Å². The molecule has 19 heavy (non-hydrogen) atoms. The minimum Gasteiger partial charge on any atom is -0.454 e. The average Bonchev–Trinajstić information content (AvgIpc) is 2.93. The summed E-state index contributed by atoms with van der Waals surface area (Å²) in [5.41, 5.74) is 7.12. The van der Waals surface area contributed by atoms with Gasteiger partial charge < -0.3 is 20.1 Å². The van der Waals surface area contributed by atoms with E-state index in [-0.39, 0.29) is 0 Å². The van der Waals surface area contributed by atoms with Crippen molar-refractivity contribution >= 4 is 5.96 Å². The zero-order valence-corrected chi connectivity index (χ0v) is 11.0. The number of likely N-dealkylation sites (tertiary alicyclic amines) is 1. The molecule has 0 aromatic heterocycles. The second kappa shape index (κ2) is 5.38. The molecule has 1 saturated heterocycles. The van der Waals surface area contributed by atoms with Crippen LogP contribution < -0.4 is 15.2 Å². The Morgan fingerprint density at radius 1 is 1.16 bits per heavy atom. The van der Waals surface area contributed by atoms with Crippen LogP contribution in [0.2, 0.25) is 0 Å². The van der Waals surface area contributed by atoms with E-state index in [4.69, 9.17) is 15.2 Å². The van der Waals surface area contributed by atoms with E-state index < -0.39 is 0 Å². The summed E-state index contributed by atoms with van der Waals surface area (Å²) in [5, 5.41) is 0. The van der Waals surface area contributed by atoms with Crippen molar-refractivity contribution in [2.75, 3.05) is 19.9 Å². The Morgan fingerprint density at radius 2 is 1.95 bits per heavy atom. The van der Waals surface area contributed by atoms with E-state index in [0.717, 1.165) is 30.2 Å². The summed E-state index contributed by atoms with van der Waals surface area (Å²) in [6.45, 7) is 2.93. The minimum absolute atomic E-state index is 0.304. The maximum atomic E-state index is 6.03. The molecule has 0 radical (unpaired) electrons. The third-order valence-corrected chi connectivity index (χ3v) is 3.54. The molecule has 0 saturated carbocycles. The molecular weight excluding hydrogens is 242 g/mol. The van der Waals surface area contributed by atoms with Crippen LogP contribution in [-0.2, 0) is 6.54 Å². The van der Waals surface area contributed by atoms with Crippen LogP contribution in [0.15, 0.2) is 23.2 Å². The Kier molecular flexibility index (Phi) is 3.44. The monoisotopic (exact) mass is 261 g/mol. The number of guanidine groups is 1. The van der Waals surface area contributed by atoms with Gasteiger partial charge in [0.2, 0.25) is 6.79 Å². The number of nitrogens with zero attached hydrogens (tertiary/aromatic N) is 2. The van der Waals surface area contributed by atoms with Crippen molar-refractivity contribution in [1.29, 1.82) is 0 Å². The number of hydrogen-bond donors (Lipinski definition) is 1. The number of aliphatic imine (C=N–C) groups is 1. The van der Waals surface area contributed by atoms with Crippen molar-refractivity contribution in [3.63, 3.8) is 0 Å². The van der Waals surface area contributed by atoms with Gasteiger partial charge in [0, 0.05) is 13.1 Å². The van der Waals surface area contributed by atoms with Crippen LogP contribution in [0.5, 0.6) is 11.5 Å². The Balaban J connectivity index is 1.64. The number of piperidine rings is 1. The highest BCUT2D eigenvalue weighted by Gasteiger charge is 2.14. The fourth-order valence-corrected chi connectivity index (χ4v) is 2.43. The molecule has 1 aromatic carbocycles. The number of fused-ring (bicyclic) bond motifs is 1. The molecule has 2 aliphatic heterocycles. The van der Waals surface area contributed by atoms with Gasteiger partial charge in [0.05, 0.1) is 6.54 Å². The van der Waals surface area contributed by atoms with Crippen molar-refractivity contribution in [3.8, 4) is 11.5 Å². The summed E-state index contributed by atoms with van der Waals surface area (Å²) < 4.78 is 10.6. The van der Waals surface area contributed by atoms with Gasteiger partial charge in [-0.2, -0.15) is 0 Å². The molecule has 1 aromatic rings. The lowest BCUT2D eigenvalue weighted by molar-refractivity contribution is 0.174. The first-order chi connectivity index (χ1) is 9.33. The molecule has 0 bridgehead atoms. The number of benzene rings is 1. The van der Waals surface area contributed by atoms with E-state index in [0.29, 0.717) is 19.3 Å². The molecule has 2 N–H and O–H groups in total. The lowest BCUT2D eigenvalue weighted by Crippen LogP contribution is -2.40. The molecular formula is C14H19N3O2. The van der Waals surface area contributed by atoms with E-state index >= 15 is 0 Å². The Morgan fingerprint density at radius 3 is 2.79 bits per heavy atom. The largest absolute Gasteiger partial charge is 0.454 e. The maximum Gasteiger partial charge on any atom is 0.231 e. The van der Waals surface area contributed by atoms with Crippen LogP contribution in [0, 0.1) is 0 Å². The molecule has 2 aliphatic rings. The first-order valence-corrected chi connectivity index (χ1v) is 6.76. The second-order valence-electron chi connectivity index (χ2n) is 4.91. The number of ether oxygens (including phenoxy) is 2. The summed E-state index contributed by atoms with van der Waals surface area (Å²) in [4.78, 5) is 6.63. The van der Waals surface area contributed by atoms with Crippen LogP contribution in [0.1, 0.15) is 24.8 Å². The summed E-state index contributed by atoms with van der Waals surface area (Å²) in [6.07, 6.45) is 3.71. The number of hydrogen-bond acceptors (Lipinski definition) is 3. The normalized spacial score (nSPS) is 18.7. The van der Waals surface area contributed by atoms with Crippen LogP contribution in [-0.4, -0.2) is 30.7 Å². The summed E-state index contributed by atoms with van der Waals surface area (Å²) in [7, 11) is 0. The predicted octanol–water partition coefficient (Wildman–Crippen LogP) is 1.72. The van der Waals surface area contributed by atoms with Crippen molar-refractivity contribution < 1.29 is 9.47 Å². The zero-order valence-electron chi connectivity index (χ0n) is 11.0. The highest BCUT2D eigenvalue weighted by molar-refractivity contribution is 5.78. The van der Waals surface area contributed by atoms with Gasteiger partial charge in [0.1, 0.15) is 0 Å². The van der Waals surface area contributed by atoms with Gasteiger partial charge in [-0.25, -0.2) is 4.99 Å². The molecule has 0 unspecified atom stereocenters. The van der Waals surface area contributed by atoms with E-state index in [1.807, 2.05) is 18.2 Å². The summed E-state index contributed by atoms with van der Waals surface area (Å²) >= 11 is 0. The molecule has 0 aliphatic carbocycles. The number of nitrogens with two attached hydrogens (primary N) is 1. The lowest BCUT2D eigenvalue weighted by atomic mass is 10.1. The molecule has 1 fully saturated rings. The van der Waals surface area contributed by atoms with Gasteiger partial charge in [-0.05, 0) is 37.0 Å². The van der Waals surface area contributed by atoms with Crippen molar-refractivity contribution in [1.82, 2.24) is 4.90 Å². The van der Waals surface area contributed by atoms with Gasteiger partial charge in [0.25, 0.3) is 0 Å². The quantitative estimate of drug-likeness (QED) is 0.650. The van der Waals surface area contributed by atoms with Gasteiger partial charge in [0.15, 0.2) is 17.5 Å². The molecule has 5 heteroatoms. The predicted molar refractivity (Wildman–Crippen MR) is 73.3 cm³/mol. The second-order valence-corrected chi connectivity index (χ2v) is 4.91. The minimum atomic E-state index is 0.304. The van der Waals surface area contributed by atoms with Crippen molar-refractivity contribution in [3.05, 3.63) is 23.8 Å². The highest BCUT2D eigenvalue weighted by Crippen LogP contribution is 2.32.